The molecule has 2 aromatic rings. The van der Waals surface area contributed by atoms with Gasteiger partial charge in [-0.2, -0.15) is 0 Å². The van der Waals surface area contributed by atoms with E-state index in [1.54, 1.807) is 49.4 Å². The van der Waals surface area contributed by atoms with E-state index in [2.05, 4.69) is 15.4 Å². The summed E-state index contributed by atoms with van der Waals surface area (Å²) < 4.78 is 4.64. The molecule has 24 heavy (non-hydrogen) atoms. The summed E-state index contributed by atoms with van der Waals surface area (Å²) in [4.78, 5) is 23.6. The Bertz CT molecular complexity index is 748. The van der Waals surface area contributed by atoms with Gasteiger partial charge in [-0.1, -0.05) is 23.2 Å². The maximum Gasteiger partial charge on any atom is 0.337 e. The number of carbonyl (C=O) groups is 2. The number of methoxy groups -OCH3 is 1. The Kier molecular flexibility index (Phi) is 6.06. The van der Waals surface area contributed by atoms with Crippen LogP contribution < -0.4 is 10.6 Å². The number of carbonyl (C=O) groups excluding carboxylic acids is 2. The lowest BCUT2D eigenvalue weighted by atomic mass is 10.2. The normalized spacial score (nSPS) is 11.5. The molecule has 0 radical (unpaired) electrons. The van der Waals surface area contributed by atoms with Crippen molar-refractivity contribution in [2.45, 2.75) is 13.0 Å². The Morgan fingerprint density at radius 1 is 1.08 bits per heavy atom. The van der Waals surface area contributed by atoms with E-state index in [-0.39, 0.29) is 5.91 Å². The molecule has 0 fully saturated rings. The predicted molar refractivity (Wildman–Crippen MR) is 96.0 cm³/mol. The first-order chi connectivity index (χ1) is 11.4. The van der Waals surface area contributed by atoms with Crippen LogP contribution in [-0.2, 0) is 9.53 Å². The predicted octanol–water partition coefficient (Wildman–Crippen LogP) is 4.22. The Balaban J connectivity index is 1.99. The fourth-order valence-corrected chi connectivity index (χ4v) is 2.42. The van der Waals surface area contributed by atoms with E-state index >= 15 is 0 Å². The minimum atomic E-state index is -0.513. The number of anilines is 2. The Hall–Kier alpha value is -2.24. The molecule has 0 spiro atoms. The zero-order valence-corrected chi connectivity index (χ0v) is 14.6. The van der Waals surface area contributed by atoms with Crippen LogP contribution in [0.15, 0.2) is 42.5 Å². The van der Waals surface area contributed by atoms with E-state index in [0.717, 1.165) is 0 Å². The van der Waals surface area contributed by atoms with Gasteiger partial charge in [-0.05, 0) is 49.4 Å². The Morgan fingerprint density at radius 2 is 1.75 bits per heavy atom. The number of nitrogens with one attached hydrogen (secondary N) is 2. The van der Waals surface area contributed by atoms with E-state index in [4.69, 9.17) is 23.2 Å². The van der Waals surface area contributed by atoms with Gasteiger partial charge >= 0.3 is 5.97 Å². The third-order valence-corrected chi connectivity index (χ3v) is 3.82. The topological polar surface area (TPSA) is 67.4 Å². The summed E-state index contributed by atoms with van der Waals surface area (Å²) >= 11 is 11.9. The van der Waals surface area contributed by atoms with Crippen molar-refractivity contribution in [2.75, 3.05) is 17.7 Å². The standard InChI is InChI=1S/C17H16Cl2N2O3/c1-10(16(22)21-15-8-5-12(18)9-14(15)19)20-13-6-3-11(4-7-13)17(23)24-2/h3-10,20H,1-2H3,(H,21,22)/t10-/m1/s1. The molecule has 0 aliphatic carbocycles. The van der Waals surface area contributed by atoms with Crippen molar-refractivity contribution in [1.82, 2.24) is 0 Å². The van der Waals surface area contributed by atoms with E-state index in [0.29, 0.717) is 27.0 Å². The van der Waals surface area contributed by atoms with Crippen LogP contribution in [0.3, 0.4) is 0 Å². The summed E-state index contributed by atoms with van der Waals surface area (Å²) in [5, 5.41) is 6.64. The van der Waals surface area contributed by atoms with Gasteiger partial charge in [-0.15, -0.1) is 0 Å². The van der Waals surface area contributed by atoms with Crippen molar-refractivity contribution in [3.05, 3.63) is 58.1 Å². The molecule has 0 saturated carbocycles. The molecule has 0 aromatic heterocycles. The monoisotopic (exact) mass is 366 g/mol. The average Bonchev–Trinajstić information content (AvgIpc) is 2.57. The maximum atomic E-state index is 12.2. The van der Waals surface area contributed by atoms with Crippen molar-refractivity contribution in [2.24, 2.45) is 0 Å². The van der Waals surface area contributed by atoms with Crippen LogP contribution in [0.2, 0.25) is 10.0 Å². The SMILES string of the molecule is COC(=O)c1ccc(N[C@H](C)C(=O)Nc2ccc(Cl)cc2Cl)cc1. The smallest absolute Gasteiger partial charge is 0.337 e. The highest BCUT2D eigenvalue weighted by Gasteiger charge is 2.14. The molecular formula is C17H16Cl2N2O3. The average molecular weight is 367 g/mol. The molecule has 0 saturated heterocycles. The van der Waals surface area contributed by atoms with E-state index in [1.807, 2.05) is 0 Å². The van der Waals surface area contributed by atoms with Gasteiger partial charge in [0.15, 0.2) is 0 Å². The second-order valence-corrected chi connectivity index (χ2v) is 5.89. The molecule has 2 rings (SSSR count). The molecule has 0 bridgehead atoms. The van der Waals surface area contributed by atoms with Gasteiger partial charge in [0.1, 0.15) is 6.04 Å². The zero-order chi connectivity index (χ0) is 17.7. The van der Waals surface area contributed by atoms with Gasteiger partial charge < -0.3 is 15.4 Å². The van der Waals surface area contributed by atoms with Crippen LogP contribution in [0, 0.1) is 0 Å². The Morgan fingerprint density at radius 3 is 2.33 bits per heavy atom. The van der Waals surface area contributed by atoms with Crippen LogP contribution in [0.5, 0.6) is 0 Å². The van der Waals surface area contributed by atoms with Gasteiger partial charge in [-0.3, -0.25) is 4.79 Å². The number of esters is 1. The summed E-state index contributed by atoms with van der Waals surface area (Å²) in [6.45, 7) is 1.72. The fraction of sp³-hybridized carbons (Fsp3) is 0.176. The minimum absolute atomic E-state index is 0.253. The summed E-state index contributed by atoms with van der Waals surface area (Å²) in [5.41, 5.74) is 1.63. The number of amides is 1. The molecule has 5 nitrogen and oxygen atoms in total. The molecule has 1 amide bonds. The lowest BCUT2D eigenvalue weighted by Crippen LogP contribution is -2.31. The fourth-order valence-electron chi connectivity index (χ4n) is 1.97. The van der Waals surface area contributed by atoms with Gasteiger partial charge in [-0.25, -0.2) is 4.79 Å². The molecule has 2 aromatic carbocycles. The number of rotatable bonds is 5. The molecule has 0 aliphatic heterocycles. The van der Waals surface area contributed by atoms with Crippen LogP contribution in [0.1, 0.15) is 17.3 Å². The minimum Gasteiger partial charge on any atom is -0.465 e. The summed E-state index contributed by atoms with van der Waals surface area (Å²) in [7, 11) is 1.32. The highest BCUT2D eigenvalue weighted by atomic mass is 35.5. The van der Waals surface area contributed by atoms with Crippen molar-refractivity contribution in [1.29, 1.82) is 0 Å². The molecule has 1 atom stereocenters. The second-order valence-electron chi connectivity index (χ2n) is 5.05. The lowest BCUT2D eigenvalue weighted by molar-refractivity contribution is -0.116. The number of halogens is 2. The summed E-state index contributed by atoms with van der Waals surface area (Å²) in [5.74, 6) is -0.666. The summed E-state index contributed by atoms with van der Waals surface area (Å²) in [6.07, 6.45) is 0. The van der Waals surface area contributed by atoms with Crippen molar-refractivity contribution in [3.8, 4) is 0 Å². The van der Waals surface area contributed by atoms with Crippen LogP contribution in [0.25, 0.3) is 0 Å². The molecule has 0 aliphatic rings. The van der Waals surface area contributed by atoms with Crippen molar-refractivity contribution < 1.29 is 14.3 Å². The van der Waals surface area contributed by atoms with E-state index in [1.165, 1.54) is 7.11 Å². The summed E-state index contributed by atoms with van der Waals surface area (Å²) in [6, 6.07) is 11.0. The van der Waals surface area contributed by atoms with Gasteiger partial charge in [0, 0.05) is 10.7 Å². The van der Waals surface area contributed by atoms with Crippen molar-refractivity contribution in [3.63, 3.8) is 0 Å². The van der Waals surface area contributed by atoms with Crippen molar-refractivity contribution >= 4 is 46.5 Å². The molecule has 2 N–H and O–H groups in total. The first-order valence-corrected chi connectivity index (χ1v) is 7.87. The van der Waals surface area contributed by atoms with Crippen LogP contribution in [-0.4, -0.2) is 25.0 Å². The first-order valence-electron chi connectivity index (χ1n) is 7.11. The molecule has 0 heterocycles. The zero-order valence-electron chi connectivity index (χ0n) is 13.1. The lowest BCUT2D eigenvalue weighted by Gasteiger charge is -2.16. The number of hydrogen-bond donors (Lipinski definition) is 2. The van der Waals surface area contributed by atoms with Gasteiger partial charge in [0.2, 0.25) is 5.91 Å². The molecule has 0 unspecified atom stereocenters. The van der Waals surface area contributed by atoms with Gasteiger partial charge in [0.25, 0.3) is 0 Å². The van der Waals surface area contributed by atoms with E-state index in [9.17, 15) is 9.59 Å². The molecule has 7 heteroatoms. The largest absolute Gasteiger partial charge is 0.465 e. The quantitative estimate of drug-likeness (QED) is 0.777. The third-order valence-electron chi connectivity index (χ3n) is 3.27. The number of hydrogen-bond acceptors (Lipinski definition) is 4. The van der Waals surface area contributed by atoms with Crippen LogP contribution in [0.4, 0.5) is 11.4 Å². The first kappa shape index (κ1) is 18.1. The maximum absolute atomic E-state index is 12.2. The number of ether oxygens (including phenoxy) is 1. The highest BCUT2D eigenvalue weighted by molar-refractivity contribution is 6.36. The molecular weight excluding hydrogens is 351 g/mol. The highest BCUT2D eigenvalue weighted by Crippen LogP contribution is 2.25. The van der Waals surface area contributed by atoms with Crippen LogP contribution >= 0.6 is 23.2 Å². The number of benzene rings is 2. The molecule has 126 valence electrons. The van der Waals surface area contributed by atoms with Gasteiger partial charge in [0.05, 0.1) is 23.4 Å². The third kappa shape index (κ3) is 4.63. The van der Waals surface area contributed by atoms with E-state index < -0.39 is 12.0 Å². The Labute approximate surface area is 149 Å². The second kappa shape index (κ2) is 8.04.